The van der Waals surface area contributed by atoms with E-state index in [2.05, 4.69) is 10.5 Å². The number of hydrazine groups is 1. The van der Waals surface area contributed by atoms with Gasteiger partial charge in [-0.2, -0.15) is 5.10 Å². The highest BCUT2D eigenvalue weighted by Crippen LogP contribution is 2.25. The van der Waals surface area contributed by atoms with Gasteiger partial charge in [0.15, 0.2) is 0 Å². The lowest BCUT2D eigenvalue weighted by atomic mass is 10.0. The first-order chi connectivity index (χ1) is 8.13. The topological polar surface area (TPSA) is 55.9 Å². The molecule has 0 amide bonds. The lowest BCUT2D eigenvalue weighted by Crippen LogP contribution is -2.30. The Morgan fingerprint density at radius 1 is 1.35 bits per heavy atom. The van der Waals surface area contributed by atoms with Crippen molar-refractivity contribution in [2.24, 2.45) is 12.9 Å². The monoisotopic (exact) mass is 238 g/mol. The molecule has 1 aromatic heterocycles. The van der Waals surface area contributed by atoms with Crippen molar-refractivity contribution in [1.82, 2.24) is 15.2 Å². The molecule has 17 heavy (non-hydrogen) atoms. The van der Waals surface area contributed by atoms with Crippen molar-refractivity contribution in [3.63, 3.8) is 0 Å². The summed E-state index contributed by atoms with van der Waals surface area (Å²) in [6, 6.07) is 2.94. The number of aryl methyl sites for hydroxylation is 1. The van der Waals surface area contributed by atoms with E-state index in [1.807, 2.05) is 0 Å². The lowest BCUT2D eigenvalue weighted by molar-refractivity contribution is 0.510. The average molecular weight is 238 g/mol. The van der Waals surface area contributed by atoms with Gasteiger partial charge in [-0.05, 0) is 12.1 Å². The van der Waals surface area contributed by atoms with E-state index >= 15 is 0 Å². The van der Waals surface area contributed by atoms with Crippen LogP contribution in [0, 0.1) is 11.6 Å². The highest BCUT2D eigenvalue weighted by Gasteiger charge is 2.21. The Labute approximate surface area is 97.0 Å². The number of halogens is 2. The van der Waals surface area contributed by atoms with Crippen LogP contribution < -0.4 is 11.3 Å². The Kier molecular flexibility index (Phi) is 3.16. The zero-order valence-electron chi connectivity index (χ0n) is 9.19. The molecule has 1 heterocycles. The number of nitrogens with zero attached hydrogens (tertiary/aromatic N) is 2. The smallest absolute Gasteiger partial charge is 0.131 e. The number of nitrogens with two attached hydrogens (primary N) is 1. The number of hydrogen-bond acceptors (Lipinski definition) is 3. The van der Waals surface area contributed by atoms with Crippen molar-refractivity contribution < 1.29 is 8.78 Å². The molecule has 6 heteroatoms. The molecular formula is C11H12F2N4. The van der Waals surface area contributed by atoms with Crippen LogP contribution in [0.3, 0.4) is 0 Å². The van der Waals surface area contributed by atoms with Gasteiger partial charge in [0.2, 0.25) is 0 Å². The van der Waals surface area contributed by atoms with Crippen molar-refractivity contribution in [2.75, 3.05) is 0 Å². The van der Waals surface area contributed by atoms with E-state index in [0.29, 0.717) is 5.56 Å². The van der Waals surface area contributed by atoms with Crippen molar-refractivity contribution in [1.29, 1.82) is 0 Å². The molecule has 0 aliphatic carbocycles. The van der Waals surface area contributed by atoms with Crippen molar-refractivity contribution in [3.05, 3.63) is 53.4 Å². The second kappa shape index (κ2) is 4.60. The molecule has 0 aliphatic rings. The van der Waals surface area contributed by atoms with Crippen LogP contribution in [0.25, 0.3) is 0 Å². The lowest BCUT2D eigenvalue weighted by Gasteiger charge is -2.16. The van der Waals surface area contributed by atoms with E-state index in [-0.39, 0.29) is 5.56 Å². The van der Waals surface area contributed by atoms with Crippen molar-refractivity contribution >= 4 is 0 Å². The van der Waals surface area contributed by atoms with E-state index < -0.39 is 17.7 Å². The average Bonchev–Trinajstić information content (AvgIpc) is 2.70. The first-order valence-electron chi connectivity index (χ1n) is 5.02. The number of rotatable bonds is 3. The Bertz CT molecular complexity index is 504. The highest BCUT2D eigenvalue weighted by molar-refractivity contribution is 5.31. The van der Waals surface area contributed by atoms with Crippen LogP contribution in [0.4, 0.5) is 8.78 Å². The van der Waals surface area contributed by atoms with E-state index in [9.17, 15) is 8.78 Å². The summed E-state index contributed by atoms with van der Waals surface area (Å²) in [5.74, 6) is 4.08. The number of aromatic nitrogens is 2. The van der Waals surface area contributed by atoms with Crippen LogP contribution in [-0.2, 0) is 7.05 Å². The van der Waals surface area contributed by atoms with E-state index in [0.717, 1.165) is 0 Å². The summed E-state index contributed by atoms with van der Waals surface area (Å²) in [6.45, 7) is 0. The fourth-order valence-corrected chi connectivity index (χ4v) is 1.72. The molecule has 3 N–H and O–H groups in total. The molecule has 0 bridgehead atoms. The van der Waals surface area contributed by atoms with Gasteiger partial charge in [-0.1, -0.05) is 6.07 Å². The molecule has 0 fully saturated rings. The van der Waals surface area contributed by atoms with Gasteiger partial charge in [0.1, 0.15) is 11.6 Å². The first kappa shape index (κ1) is 11.7. The molecule has 0 spiro atoms. The van der Waals surface area contributed by atoms with Crippen LogP contribution in [0.1, 0.15) is 17.2 Å². The number of hydrogen-bond donors (Lipinski definition) is 2. The third kappa shape index (κ3) is 2.17. The molecule has 0 saturated carbocycles. The largest absolute Gasteiger partial charge is 0.275 e. The zero-order chi connectivity index (χ0) is 12.4. The molecule has 4 nitrogen and oxygen atoms in total. The van der Waals surface area contributed by atoms with Gasteiger partial charge in [-0.15, -0.1) is 0 Å². The molecular weight excluding hydrogens is 226 g/mol. The molecule has 1 unspecified atom stereocenters. The Morgan fingerprint density at radius 3 is 2.47 bits per heavy atom. The molecule has 0 aliphatic heterocycles. The summed E-state index contributed by atoms with van der Waals surface area (Å²) >= 11 is 0. The molecule has 0 radical (unpaired) electrons. The summed E-state index contributed by atoms with van der Waals surface area (Å²) in [6.07, 6.45) is 3.16. The van der Waals surface area contributed by atoms with Gasteiger partial charge in [-0.25, -0.2) is 14.2 Å². The van der Waals surface area contributed by atoms with Gasteiger partial charge in [0, 0.05) is 24.4 Å². The van der Waals surface area contributed by atoms with Gasteiger partial charge < -0.3 is 0 Å². The Balaban J connectivity index is 2.49. The molecule has 0 saturated heterocycles. The minimum atomic E-state index is -0.759. The number of benzene rings is 1. The fourth-order valence-electron chi connectivity index (χ4n) is 1.72. The van der Waals surface area contributed by atoms with Gasteiger partial charge in [0.25, 0.3) is 0 Å². The van der Waals surface area contributed by atoms with Crippen molar-refractivity contribution in [3.8, 4) is 0 Å². The quantitative estimate of drug-likeness (QED) is 0.625. The van der Waals surface area contributed by atoms with Crippen LogP contribution in [-0.4, -0.2) is 9.78 Å². The normalized spacial score (nSPS) is 12.7. The number of nitrogens with one attached hydrogen (secondary N) is 1. The first-order valence-corrected chi connectivity index (χ1v) is 5.02. The SMILES string of the molecule is Cn1cc(C(NN)c2c(F)cccc2F)cn1. The second-order valence-electron chi connectivity index (χ2n) is 3.68. The standard InChI is InChI=1S/C11H12F2N4/c1-17-6-7(5-15-17)11(16-14)10-8(12)3-2-4-9(10)13/h2-6,11,16H,14H2,1H3. The summed E-state index contributed by atoms with van der Waals surface area (Å²) < 4.78 is 28.8. The van der Waals surface area contributed by atoms with E-state index in [1.54, 1.807) is 17.9 Å². The highest BCUT2D eigenvalue weighted by atomic mass is 19.1. The maximum atomic E-state index is 13.6. The molecule has 2 rings (SSSR count). The molecule has 2 aromatic rings. The summed E-state index contributed by atoms with van der Waals surface area (Å²) in [4.78, 5) is 0. The van der Waals surface area contributed by atoms with Crippen LogP contribution in [0.15, 0.2) is 30.6 Å². The minimum absolute atomic E-state index is 0.108. The minimum Gasteiger partial charge on any atom is -0.275 e. The fraction of sp³-hybridized carbons (Fsp3) is 0.182. The third-order valence-electron chi connectivity index (χ3n) is 2.51. The van der Waals surface area contributed by atoms with E-state index in [4.69, 9.17) is 5.84 Å². The van der Waals surface area contributed by atoms with Gasteiger partial charge in [0.05, 0.1) is 12.2 Å². The summed E-state index contributed by atoms with van der Waals surface area (Å²) in [7, 11) is 1.72. The summed E-state index contributed by atoms with van der Waals surface area (Å²) in [5.41, 5.74) is 2.88. The third-order valence-corrected chi connectivity index (χ3v) is 2.51. The predicted molar refractivity (Wildman–Crippen MR) is 58.7 cm³/mol. The maximum Gasteiger partial charge on any atom is 0.131 e. The maximum absolute atomic E-state index is 13.6. The van der Waals surface area contributed by atoms with E-state index in [1.165, 1.54) is 24.4 Å². The molecule has 1 atom stereocenters. The summed E-state index contributed by atoms with van der Waals surface area (Å²) in [5, 5.41) is 3.95. The Hall–Kier alpha value is -1.79. The zero-order valence-corrected chi connectivity index (χ0v) is 9.19. The second-order valence-corrected chi connectivity index (χ2v) is 3.68. The van der Waals surface area contributed by atoms with Crippen LogP contribution >= 0.6 is 0 Å². The van der Waals surface area contributed by atoms with Gasteiger partial charge >= 0.3 is 0 Å². The van der Waals surface area contributed by atoms with Crippen molar-refractivity contribution in [2.45, 2.75) is 6.04 Å². The molecule has 90 valence electrons. The van der Waals surface area contributed by atoms with Gasteiger partial charge in [-0.3, -0.25) is 10.5 Å². The predicted octanol–water partition coefficient (Wildman–Crippen LogP) is 1.25. The van der Waals surface area contributed by atoms with Crippen LogP contribution in [0.2, 0.25) is 0 Å². The Morgan fingerprint density at radius 2 is 2.00 bits per heavy atom. The van der Waals surface area contributed by atoms with Crippen LogP contribution in [0.5, 0.6) is 0 Å². The molecule has 1 aromatic carbocycles.